The van der Waals surface area contributed by atoms with E-state index in [1.165, 1.54) is 12.1 Å². The minimum Gasteiger partial charge on any atom is -0.481 e. The smallest absolute Gasteiger partial charge is 0.306 e. The van der Waals surface area contributed by atoms with Gasteiger partial charge in [0.25, 0.3) is 0 Å². The van der Waals surface area contributed by atoms with E-state index in [0.29, 0.717) is 10.9 Å². The molecule has 1 fully saturated rings. The maximum atomic E-state index is 12.9. The summed E-state index contributed by atoms with van der Waals surface area (Å²) in [5.74, 6) is -1.67. The summed E-state index contributed by atoms with van der Waals surface area (Å²) in [6.45, 7) is 0. The fourth-order valence-electron chi connectivity index (χ4n) is 2.20. The average Bonchev–Trinajstić information content (AvgIpc) is 2.18. The summed E-state index contributed by atoms with van der Waals surface area (Å²) in [4.78, 5) is 10.7. The minimum absolute atomic E-state index is 0.256. The summed E-state index contributed by atoms with van der Waals surface area (Å²) in [6, 6.07) is 4.27. The maximum Gasteiger partial charge on any atom is 0.306 e. The van der Waals surface area contributed by atoms with Crippen molar-refractivity contribution < 1.29 is 19.4 Å². The van der Waals surface area contributed by atoms with Gasteiger partial charge in [0.15, 0.2) is 0 Å². The number of halogens is 2. The Balaban J connectivity index is 2.05. The summed E-state index contributed by atoms with van der Waals surface area (Å²) in [5.41, 5.74) is -0.179. The molecule has 0 bridgehead atoms. The third-order valence-electron chi connectivity index (χ3n) is 3.14. The molecule has 17 heavy (non-hydrogen) atoms. The van der Waals surface area contributed by atoms with Crippen LogP contribution >= 0.6 is 15.9 Å². The number of hydrogen-bond acceptors (Lipinski definition) is 2. The van der Waals surface area contributed by atoms with Crippen LogP contribution in [-0.2, 0) is 11.2 Å². The van der Waals surface area contributed by atoms with Gasteiger partial charge < -0.3 is 10.2 Å². The highest BCUT2D eigenvalue weighted by molar-refractivity contribution is 9.10. The first-order chi connectivity index (χ1) is 7.89. The number of hydrogen-bond donors (Lipinski definition) is 2. The Labute approximate surface area is 106 Å². The molecule has 0 amide bonds. The fourth-order valence-corrected chi connectivity index (χ4v) is 2.69. The quantitative estimate of drug-likeness (QED) is 0.901. The van der Waals surface area contributed by atoms with Crippen LogP contribution in [0.2, 0.25) is 0 Å². The molecule has 92 valence electrons. The summed E-state index contributed by atoms with van der Waals surface area (Å²) < 4.78 is 13.5. The Morgan fingerprint density at radius 3 is 2.71 bits per heavy atom. The number of carbonyl (C=O) groups is 1. The van der Waals surface area contributed by atoms with E-state index in [0.717, 1.165) is 5.56 Å². The molecule has 0 atom stereocenters. The number of rotatable bonds is 3. The molecule has 0 radical (unpaired) electrons. The highest BCUT2D eigenvalue weighted by Crippen LogP contribution is 2.41. The van der Waals surface area contributed by atoms with Crippen LogP contribution < -0.4 is 0 Å². The van der Waals surface area contributed by atoms with Gasteiger partial charge in [-0.1, -0.05) is 22.0 Å². The number of carboxylic acids is 1. The van der Waals surface area contributed by atoms with Gasteiger partial charge in [-0.05, 0) is 30.5 Å². The number of aliphatic carboxylic acids is 1. The van der Waals surface area contributed by atoms with Crippen molar-refractivity contribution in [2.75, 3.05) is 0 Å². The van der Waals surface area contributed by atoms with Crippen LogP contribution in [0.4, 0.5) is 4.39 Å². The topological polar surface area (TPSA) is 57.5 Å². The number of benzene rings is 1. The zero-order chi connectivity index (χ0) is 12.6. The SMILES string of the molecule is O=C(O)C1CC(O)(Cc2ccc(F)cc2Br)C1. The van der Waals surface area contributed by atoms with Crippen molar-refractivity contribution in [2.24, 2.45) is 5.92 Å². The Bertz CT molecular complexity index is 455. The summed E-state index contributed by atoms with van der Waals surface area (Å²) in [7, 11) is 0. The lowest BCUT2D eigenvalue weighted by Crippen LogP contribution is -2.48. The van der Waals surface area contributed by atoms with Crippen molar-refractivity contribution in [3.05, 3.63) is 34.1 Å². The Morgan fingerprint density at radius 2 is 2.18 bits per heavy atom. The number of aliphatic hydroxyl groups is 1. The van der Waals surface area contributed by atoms with Crippen molar-refractivity contribution in [3.63, 3.8) is 0 Å². The zero-order valence-corrected chi connectivity index (χ0v) is 10.6. The van der Waals surface area contributed by atoms with Crippen LogP contribution in [0.3, 0.4) is 0 Å². The average molecular weight is 303 g/mol. The highest BCUT2D eigenvalue weighted by atomic mass is 79.9. The highest BCUT2D eigenvalue weighted by Gasteiger charge is 2.46. The molecule has 0 spiro atoms. The first kappa shape index (κ1) is 12.5. The van der Waals surface area contributed by atoms with E-state index in [-0.39, 0.29) is 18.7 Å². The third-order valence-corrected chi connectivity index (χ3v) is 3.87. The molecule has 3 nitrogen and oxygen atoms in total. The van der Waals surface area contributed by atoms with Crippen LogP contribution in [0, 0.1) is 11.7 Å². The lowest BCUT2D eigenvalue weighted by molar-refractivity contribution is -0.158. The lowest BCUT2D eigenvalue weighted by atomic mass is 9.68. The first-order valence-corrected chi connectivity index (χ1v) is 6.08. The van der Waals surface area contributed by atoms with Crippen LogP contribution in [-0.4, -0.2) is 21.8 Å². The van der Waals surface area contributed by atoms with E-state index < -0.39 is 17.5 Å². The molecular formula is C12H12BrFO3. The van der Waals surface area contributed by atoms with Gasteiger partial charge >= 0.3 is 5.97 Å². The second-order valence-electron chi connectivity index (χ2n) is 4.58. The van der Waals surface area contributed by atoms with Gasteiger partial charge in [-0.15, -0.1) is 0 Å². The van der Waals surface area contributed by atoms with Crippen molar-refractivity contribution in [1.82, 2.24) is 0 Å². The first-order valence-electron chi connectivity index (χ1n) is 5.29. The van der Waals surface area contributed by atoms with Gasteiger partial charge in [-0.25, -0.2) is 4.39 Å². The molecule has 0 heterocycles. The summed E-state index contributed by atoms with van der Waals surface area (Å²) in [6.07, 6.45) is 0.857. The fraction of sp³-hybridized carbons (Fsp3) is 0.417. The second-order valence-corrected chi connectivity index (χ2v) is 5.43. The van der Waals surface area contributed by atoms with Crippen molar-refractivity contribution >= 4 is 21.9 Å². The minimum atomic E-state index is -0.969. The van der Waals surface area contributed by atoms with E-state index in [9.17, 15) is 14.3 Å². The van der Waals surface area contributed by atoms with E-state index in [2.05, 4.69) is 15.9 Å². The van der Waals surface area contributed by atoms with Crippen molar-refractivity contribution in [1.29, 1.82) is 0 Å². The van der Waals surface area contributed by atoms with Crippen LogP contribution in [0.15, 0.2) is 22.7 Å². The van der Waals surface area contributed by atoms with Crippen LogP contribution in [0.1, 0.15) is 18.4 Å². The van der Waals surface area contributed by atoms with Crippen LogP contribution in [0.25, 0.3) is 0 Å². The van der Waals surface area contributed by atoms with Gasteiger partial charge in [0, 0.05) is 10.9 Å². The molecule has 1 aromatic rings. The molecule has 0 saturated heterocycles. The molecule has 1 aromatic carbocycles. The molecule has 0 aliphatic heterocycles. The molecule has 1 saturated carbocycles. The van der Waals surface area contributed by atoms with E-state index in [1.54, 1.807) is 6.07 Å². The Morgan fingerprint density at radius 1 is 1.53 bits per heavy atom. The monoisotopic (exact) mass is 302 g/mol. The predicted octanol–water partition coefficient (Wildman–Crippen LogP) is 2.36. The van der Waals surface area contributed by atoms with Crippen molar-refractivity contribution in [2.45, 2.75) is 24.9 Å². The molecule has 1 aliphatic rings. The third kappa shape index (κ3) is 2.66. The Kier molecular flexibility index (Phi) is 3.23. The predicted molar refractivity (Wildman–Crippen MR) is 63.1 cm³/mol. The molecule has 5 heteroatoms. The molecular weight excluding hydrogens is 291 g/mol. The second kappa shape index (κ2) is 4.38. The molecule has 2 N–H and O–H groups in total. The molecule has 2 rings (SSSR count). The van der Waals surface area contributed by atoms with Gasteiger partial charge in [0.05, 0.1) is 11.5 Å². The van der Waals surface area contributed by atoms with Gasteiger partial charge in [0.1, 0.15) is 5.82 Å². The van der Waals surface area contributed by atoms with E-state index >= 15 is 0 Å². The molecule has 0 unspecified atom stereocenters. The van der Waals surface area contributed by atoms with Gasteiger partial charge in [-0.3, -0.25) is 4.79 Å². The summed E-state index contributed by atoms with van der Waals surface area (Å²) in [5, 5.41) is 18.9. The molecule has 1 aliphatic carbocycles. The van der Waals surface area contributed by atoms with Gasteiger partial charge in [-0.2, -0.15) is 0 Å². The van der Waals surface area contributed by atoms with E-state index in [1.807, 2.05) is 0 Å². The summed E-state index contributed by atoms with van der Waals surface area (Å²) >= 11 is 3.23. The lowest BCUT2D eigenvalue weighted by Gasteiger charge is -2.41. The molecule has 0 aromatic heterocycles. The largest absolute Gasteiger partial charge is 0.481 e. The van der Waals surface area contributed by atoms with E-state index in [4.69, 9.17) is 5.11 Å². The normalized spacial score (nSPS) is 27.6. The standard InChI is InChI=1S/C12H12BrFO3/c13-10-3-9(14)2-1-7(10)4-12(17)5-8(6-12)11(15)16/h1-3,8,17H,4-6H2,(H,15,16). The van der Waals surface area contributed by atoms with Crippen molar-refractivity contribution in [3.8, 4) is 0 Å². The Hall–Kier alpha value is -0.940. The number of carboxylic acid groups (broad SMARTS) is 1. The maximum absolute atomic E-state index is 12.9. The van der Waals surface area contributed by atoms with Crippen LogP contribution in [0.5, 0.6) is 0 Å². The zero-order valence-electron chi connectivity index (χ0n) is 8.99. The van der Waals surface area contributed by atoms with Gasteiger partial charge in [0.2, 0.25) is 0 Å².